The van der Waals surface area contributed by atoms with Gasteiger partial charge in [-0.05, 0) is 18.2 Å². The number of halogens is 3. The number of ether oxygens (including phenoxy) is 1. The van der Waals surface area contributed by atoms with Gasteiger partial charge in [0, 0.05) is 10.9 Å². The van der Waals surface area contributed by atoms with Gasteiger partial charge < -0.3 is 10.1 Å². The molecule has 0 atom stereocenters. The van der Waals surface area contributed by atoms with Crippen LogP contribution in [0.25, 0.3) is 10.6 Å². The van der Waals surface area contributed by atoms with Gasteiger partial charge in [0.1, 0.15) is 23.1 Å². The second-order valence-electron chi connectivity index (χ2n) is 5.75. The van der Waals surface area contributed by atoms with E-state index in [1.807, 2.05) is 30.3 Å². The summed E-state index contributed by atoms with van der Waals surface area (Å²) < 4.78 is 43.1. The van der Waals surface area contributed by atoms with Gasteiger partial charge in [-0.15, -0.1) is 11.3 Å². The van der Waals surface area contributed by atoms with Crippen LogP contribution < -0.4 is 10.1 Å². The number of thiazole rings is 1. The fourth-order valence-corrected chi connectivity index (χ4v) is 3.11. The van der Waals surface area contributed by atoms with E-state index >= 15 is 0 Å². The van der Waals surface area contributed by atoms with Crippen molar-refractivity contribution >= 4 is 17.2 Å². The average Bonchev–Trinajstić information content (AvgIpc) is 3.21. The van der Waals surface area contributed by atoms with Gasteiger partial charge in [0.2, 0.25) is 0 Å². The van der Waals surface area contributed by atoms with Gasteiger partial charge in [0.25, 0.3) is 5.91 Å². The average molecular weight is 416 g/mol. The quantitative estimate of drug-likeness (QED) is 0.617. The molecule has 0 unspecified atom stereocenters. The molecule has 0 bridgehead atoms. The minimum atomic E-state index is -4.43. The first kappa shape index (κ1) is 20.4. The van der Waals surface area contributed by atoms with Crippen LogP contribution >= 0.6 is 11.3 Å². The summed E-state index contributed by atoms with van der Waals surface area (Å²) in [6, 6.07) is 14.1. The Balaban J connectivity index is 1.46. The van der Waals surface area contributed by atoms with Crippen molar-refractivity contribution in [2.75, 3.05) is 13.2 Å². The first-order valence-electron chi connectivity index (χ1n) is 8.48. The van der Waals surface area contributed by atoms with Gasteiger partial charge in [-0.1, -0.05) is 48.2 Å². The molecule has 1 heterocycles. The largest absolute Gasteiger partial charge is 0.481 e. The Morgan fingerprint density at radius 1 is 1.10 bits per heavy atom. The zero-order valence-electron chi connectivity index (χ0n) is 15.0. The lowest BCUT2D eigenvalue weighted by Gasteiger charge is -2.08. The number of hydrogen-bond acceptors (Lipinski definition) is 4. The lowest BCUT2D eigenvalue weighted by molar-refractivity contribution is -0.137. The number of benzene rings is 2. The third-order valence-corrected chi connectivity index (χ3v) is 4.58. The molecule has 4 nitrogen and oxygen atoms in total. The first-order valence-corrected chi connectivity index (χ1v) is 9.36. The van der Waals surface area contributed by atoms with Crippen LogP contribution in [-0.2, 0) is 6.18 Å². The monoisotopic (exact) mass is 416 g/mol. The molecular formula is C21H15F3N2O2S. The highest BCUT2D eigenvalue weighted by Gasteiger charge is 2.30. The first-order chi connectivity index (χ1) is 13.9. The van der Waals surface area contributed by atoms with E-state index in [1.165, 1.54) is 23.5 Å². The van der Waals surface area contributed by atoms with E-state index in [0.717, 1.165) is 22.7 Å². The van der Waals surface area contributed by atoms with Gasteiger partial charge in [-0.25, -0.2) is 4.98 Å². The Hall–Kier alpha value is -3.31. The Morgan fingerprint density at radius 3 is 2.66 bits per heavy atom. The Kier molecular flexibility index (Phi) is 6.52. The van der Waals surface area contributed by atoms with E-state index in [4.69, 9.17) is 4.74 Å². The molecule has 1 aromatic heterocycles. The van der Waals surface area contributed by atoms with E-state index in [1.54, 1.807) is 5.38 Å². The van der Waals surface area contributed by atoms with Crippen LogP contribution in [0.5, 0.6) is 5.75 Å². The molecule has 0 aliphatic heterocycles. The van der Waals surface area contributed by atoms with Gasteiger partial charge in [0.15, 0.2) is 0 Å². The second-order valence-corrected chi connectivity index (χ2v) is 6.61. The number of carbonyl (C=O) groups is 1. The summed E-state index contributed by atoms with van der Waals surface area (Å²) in [5.41, 5.74) is 0.451. The van der Waals surface area contributed by atoms with Crippen molar-refractivity contribution in [2.24, 2.45) is 0 Å². The summed E-state index contributed by atoms with van der Waals surface area (Å²) in [7, 11) is 0. The number of alkyl halides is 3. The van der Waals surface area contributed by atoms with Crippen LogP contribution in [0.4, 0.5) is 13.2 Å². The SMILES string of the molecule is O=C(NCC#CCOc1cccc(C(F)(F)F)c1)c1csc(-c2ccccc2)n1. The van der Waals surface area contributed by atoms with Crippen molar-refractivity contribution in [3.8, 4) is 28.2 Å². The van der Waals surface area contributed by atoms with E-state index in [9.17, 15) is 18.0 Å². The highest BCUT2D eigenvalue weighted by Crippen LogP contribution is 2.31. The van der Waals surface area contributed by atoms with E-state index in [2.05, 4.69) is 22.1 Å². The maximum atomic E-state index is 12.6. The number of amides is 1. The normalized spacial score (nSPS) is 10.7. The number of nitrogens with one attached hydrogen (secondary N) is 1. The molecule has 0 saturated carbocycles. The van der Waals surface area contributed by atoms with Crippen LogP contribution in [0.15, 0.2) is 60.0 Å². The summed E-state index contributed by atoms with van der Waals surface area (Å²) in [5.74, 6) is 5.06. The Morgan fingerprint density at radius 2 is 1.90 bits per heavy atom. The molecule has 0 saturated heterocycles. The molecule has 3 aromatic rings. The van der Waals surface area contributed by atoms with Crippen LogP contribution in [0, 0.1) is 11.8 Å². The summed E-state index contributed by atoms with van der Waals surface area (Å²) in [4.78, 5) is 16.4. The van der Waals surface area contributed by atoms with Crippen molar-refractivity contribution in [1.82, 2.24) is 10.3 Å². The minimum absolute atomic E-state index is 0.0724. The van der Waals surface area contributed by atoms with E-state index < -0.39 is 11.7 Å². The fourth-order valence-electron chi connectivity index (χ4n) is 2.30. The third-order valence-electron chi connectivity index (χ3n) is 3.69. The molecule has 29 heavy (non-hydrogen) atoms. The lowest BCUT2D eigenvalue weighted by Crippen LogP contribution is -2.23. The molecule has 2 aromatic carbocycles. The molecule has 1 N–H and O–H groups in total. The number of nitrogens with zero attached hydrogens (tertiary/aromatic N) is 1. The topological polar surface area (TPSA) is 51.2 Å². The van der Waals surface area contributed by atoms with Crippen molar-refractivity contribution in [3.05, 3.63) is 71.2 Å². The maximum Gasteiger partial charge on any atom is 0.416 e. The van der Waals surface area contributed by atoms with Crippen molar-refractivity contribution in [2.45, 2.75) is 6.18 Å². The van der Waals surface area contributed by atoms with Gasteiger partial charge in [-0.2, -0.15) is 13.2 Å². The molecule has 0 aliphatic rings. The predicted octanol–water partition coefficient (Wildman–Crippen LogP) is 4.64. The molecule has 3 rings (SSSR count). The fraction of sp³-hybridized carbons (Fsp3) is 0.143. The standard InChI is InChI=1S/C21H15F3N2O2S/c22-21(23,24)16-9-6-10-17(13-16)28-12-5-4-11-25-19(27)18-14-29-20(26-18)15-7-2-1-3-8-15/h1-3,6-10,13-14H,11-12H2,(H,25,27). The van der Waals surface area contributed by atoms with Gasteiger partial charge >= 0.3 is 6.18 Å². The third kappa shape index (κ3) is 5.83. The molecule has 0 aliphatic carbocycles. The Bertz CT molecular complexity index is 1040. The van der Waals surface area contributed by atoms with Gasteiger partial charge in [0.05, 0.1) is 12.1 Å². The van der Waals surface area contributed by atoms with E-state index in [0.29, 0.717) is 5.69 Å². The summed E-state index contributed by atoms with van der Waals surface area (Å²) in [5, 5.41) is 5.03. The van der Waals surface area contributed by atoms with Crippen molar-refractivity contribution < 1.29 is 22.7 Å². The minimum Gasteiger partial charge on any atom is -0.481 e. The van der Waals surface area contributed by atoms with Crippen LogP contribution in [0.3, 0.4) is 0 Å². The molecule has 8 heteroatoms. The highest BCUT2D eigenvalue weighted by atomic mass is 32.1. The van der Waals surface area contributed by atoms with E-state index in [-0.39, 0.29) is 24.8 Å². The maximum absolute atomic E-state index is 12.6. The second kappa shape index (κ2) is 9.26. The molecule has 0 spiro atoms. The molecular weight excluding hydrogens is 401 g/mol. The number of carbonyl (C=O) groups excluding carboxylic acids is 1. The molecule has 148 valence electrons. The Labute approximate surface area is 169 Å². The van der Waals surface area contributed by atoms with Gasteiger partial charge in [-0.3, -0.25) is 4.79 Å². The van der Waals surface area contributed by atoms with Crippen molar-refractivity contribution in [3.63, 3.8) is 0 Å². The highest BCUT2D eigenvalue weighted by molar-refractivity contribution is 7.13. The molecule has 0 fully saturated rings. The van der Waals surface area contributed by atoms with Crippen LogP contribution in [0.1, 0.15) is 16.1 Å². The smallest absolute Gasteiger partial charge is 0.416 e. The summed E-state index contributed by atoms with van der Waals surface area (Å²) >= 11 is 1.37. The number of aromatic nitrogens is 1. The summed E-state index contributed by atoms with van der Waals surface area (Å²) in [6.45, 7) is -0.0188. The molecule has 0 radical (unpaired) electrons. The lowest BCUT2D eigenvalue weighted by atomic mass is 10.2. The zero-order valence-corrected chi connectivity index (χ0v) is 15.8. The summed E-state index contributed by atoms with van der Waals surface area (Å²) in [6.07, 6.45) is -4.43. The van der Waals surface area contributed by atoms with Crippen LogP contribution in [0.2, 0.25) is 0 Å². The number of hydrogen-bond donors (Lipinski definition) is 1. The van der Waals surface area contributed by atoms with Crippen molar-refractivity contribution in [1.29, 1.82) is 0 Å². The predicted molar refractivity (Wildman–Crippen MR) is 105 cm³/mol. The molecule has 1 amide bonds. The zero-order chi connectivity index (χ0) is 20.7. The number of rotatable bonds is 5. The van der Waals surface area contributed by atoms with Crippen LogP contribution in [-0.4, -0.2) is 24.0 Å².